The number of hydrogen-bond acceptors (Lipinski definition) is 3. The number of benzene rings is 1. The number of nitrogens with two attached hydrogens (primary N) is 1. The smallest absolute Gasteiger partial charge is 0.319 e. The topological polar surface area (TPSA) is 87.5 Å². The lowest BCUT2D eigenvalue weighted by Gasteiger charge is -2.39. The van der Waals surface area contributed by atoms with Gasteiger partial charge in [-0.2, -0.15) is 0 Å². The number of rotatable bonds is 4. The molecule has 2 rings (SSSR count). The molecule has 7 heteroatoms. The van der Waals surface area contributed by atoms with Gasteiger partial charge in [-0.05, 0) is 45.2 Å². The number of hydrogen-bond donors (Lipinski definition) is 3. The molecule has 1 aromatic rings. The number of carbonyl (C=O) groups is 2. The molecular weight excluding hydrogens is 328 g/mol. The van der Waals surface area contributed by atoms with E-state index in [9.17, 15) is 9.59 Å². The minimum atomic E-state index is -0.585. The predicted molar refractivity (Wildman–Crippen MR) is 98.3 cm³/mol. The number of nitrogens with zero attached hydrogens (tertiary/aromatic N) is 1. The molecule has 6 nitrogen and oxygen atoms in total. The van der Waals surface area contributed by atoms with Crippen LogP contribution in [0.25, 0.3) is 0 Å². The second-order valence-corrected chi connectivity index (χ2v) is 6.14. The largest absolute Gasteiger partial charge is 0.336 e. The van der Waals surface area contributed by atoms with E-state index in [2.05, 4.69) is 10.6 Å². The molecule has 1 heterocycles. The molecule has 1 aliphatic heterocycles. The second-order valence-electron chi connectivity index (χ2n) is 6.14. The number of nitrogens with one attached hydrogen (secondary N) is 2. The van der Waals surface area contributed by atoms with E-state index in [-0.39, 0.29) is 36.4 Å². The van der Waals surface area contributed by atoms with E-state index in [1.54, 1.807) is 19.1 Å². The van der Waals surface area contributed by atoms with Gasteiger partial charge in [0.1, 0.15) is 6.04 Å². The molecule has 3 unspecified atom stereocenters. The standard InChI is InChI=1S/C17H26N4O2.ClH/c1-12(18)15-10-6-7-11-21(15)16(22)13(2)19-17(23)20-14-8-4-3-5-9-14;/h3-5,8-9,12-13,15H,6-7,10-11,18H2,1-2H3,(H2,19,20,23);1H. The van der Waals surface area contributed by atoms with Crippen LogP contribution >= 0.6 is 12.4 Å². The molecule has 0 bridgehead atoms. The van der Waals surface area contributed by atoms with E-state index in [1.165, 1.54) is 0 Å². The number of para-hydroxylation sites is 1. The summed E-state index contributed by atoms with van der Waals surface area (Å²) in [5.41, 5.74) is 6.70. The lowest BCUT2D eigenvalue weighted by atomic mass is 9.96. The van der Waals surface area contributed by atoms with Gasteiger partial charge in [-0.1, -0.05) is 18.2 Å². The minimum absolute atomic E-state index is 0. The van der Waals surface area contributed by atoms with Gasteiger partial charge in [-0.25, -0.2) is 4.79 Å². The van der Waals surface area contributed by atoms with Crippen LogP contribution in [0.2, 0.25) is 0 Å². The van der Waals surface area contributed by atoms with Gasteiger partial charge >= 0.3 is 6.03 Å². The average molecular weight is 355 g/mol. The molecule has 24 heavy (non-hydrogen) atoms. The van der Waals surface area contributed by atoms with Crippen LogP contribution in [0.3, 0.4) is 0 Å². The summed E-state index contributed by atoms with van der Waals surface area (Å²) in [6, 6.07) is 8.16. The van der Waals surface area contributed by atoms with Crippen molar-refractivity contribution < 1.29 is 9.59 Å². The first-order valence-corrected chi connectivity index (χ1v) is 8.17. The van der Waals surface area contributed by atoms with E-state index in [1.807, 2.05) is 30.0 Å². The first kappa shape index (κ1) is 20.3. The summed E-state index contributed by atoms with van der Waals surface area (Å²) in [6.07, 6.45) is 3.00. The summed E-state index contributed by atoms with van der Waals surface area (Å²) in [5.74, 6) is -0.0739. The van der Waals surface area contributed by atoms with Crippen molar-refractivity contribution in [3.63, 3.8) is 0 Å². The Morgan fingerprint density at radius 3 is 2.50 bits per heavy atom. The van der Waals surface area contributed by atoms with Gasteiger partial charge in [0.05, 0.1) is 0 Å². The van der Waals surface area contributed by atoms with Gasteiger partial charge in [-0.3, -0.25) is 4.79 Å². The molecule has 0 saturated carbocycles. The minimum Gasteiger partial charge on any atom is -0.336 e. The summed E-state index contributed by atoms with van der Waals surface area (Å²) in [4.78, 5) is 26.5. The molecule has 0 spiro atoms. The molecule has 3 atom stereocenters. The monoisotopic (exact) mass is 354 g/mol. The Morgan fingerprint density at radius 1 is 1.21 bits per heavy atom. The lowest BCUT2D eigenvalue weighted by molar-refractivity contribution is -0.136. The van der Waals surface area contributed by atoms with Crippen LogP contribution < -0.4 is 16.4 Å². The Morgan fingerprint density at radius 2 is 1.88 bits per heavy atom. The molecule has 1 saturated heterocycles. The number of piperidine rings is 1. The van der Waals surface area contributed by atoms with Gasteiger partial charge in [0, 0.05) is 24.3 Å². The SMILES string of the molecule is CC(NC(=O)Nc1ccccc1)C(=O)N1CCCCC1C(C)N.Cl. The molecule has 134 valence electrons. The number of anilines is 1. The number of amides is 3. The molecule has 3 amide bonds. The van der Waals surface area contributed by atoms with Crippen LogP contribution in [-0.2, 0) is 4.79 Å². The van der Waals surface area contributed by atoms with E-state index >= 15 is 0 Å². The van der Waals surface area contributed by atoms with Crippen molar-refractivity contribution in [2.75, 3.05) is 11.9 Å². The van der Waals surface area contributed by atoms with Gasteiger partial charge in [0.15, 0.2) is 0 Å². The predicted octanol–water partition coefficient (Wildman–Crippen LogP) is 2.35. The Bertz CT molecular complexity index is 539. The van der Waals surface area contributed by atoms with Crippen molar-refractivity contribution in [2.45, 2.75) is 51.2 Å². The van der Waals surface area contributed by atoms with Crippen LogP contribution in [-0.4, -0.2) is 41.5 Å². The fraction of sp³-hybridized carbons (Fsp3) is 0.529. The zero-order chi connectivity index (χ0) is 16.8. The van der Waals surface area contributed by atoms with E-state index in [0.717, 1.165) is 19.3 Å². The molecular formula is C17H27ClN4O2. The van der Waals surface area contributed by atoms with Crippen LogP contribution in [0.1, 0.15) is 33.1 Å². The summed E-state index contributed by atoms with van der Waals surface area (Å²) < 4.78 is 0. The summed E-state index contributed by atoms with van der Waals surface area (Å²) in [7, 11) is 0. The van der Waals surface area contributed by atoms with Crippen LogP contribution in [0.5, 0.6) is 0 Å². The van der Waals surface area contributed by atoms with E-state index < -0.39 is 6.04 Å². The van der Waals surface area contributed by atoms with Gasteiger partial charge in [0.2, 0.25) is 5.91 Å². The molecule has 0 radical (unpaired) electrons. The van der Waals surface area contributed by atoms with Crippen molar-refractivity contribution in [3.8, 4) is 0 Å². The highest BCUT2D eigenvalue weighted by molar-refractivity contribution is 5.93. The molecule has 1 aliphatic rings. The Labute approximate surface area is 149 Å². The maximum atomic E-state index is 12.6. The third kappa shape index (κ3) is 5.39. The zero-order valence-electron chi connectivity index (χ0n) is 14.2. The van der Waals surface area contributed by atoms with Crippen molar-refractivity contribution in [2.24, 2.45) is 5.73 Å². The van der Waals surface area contributed by atoms with Crippen LogP contribution in [0, 0.1) is 0 Å². The highest BCUT2D eigenvalue weighted by Gasteiger charge is 2.32. The fourth-order valence-electron chi connectivity index (χ4n) is 2.97. The Hall–Kier alpha value is -1.79. The Kier molecular flexibility index (Phi) is 8.01. The second kappa shape index (κ2) is 9.49. The number of likely N-dealkylation sites (tertiary alicyclic amines) is 1. The number of urea groups is 1. The number of carbonyl (C=O) groups excluding carboxylic acids is 2. The van der Waals surface area contributed by atoms with Crippen molar-refractivity contribution in [1.82, 2.24) is 10.2 Å². The summed E-state index contributed by atoms with van der Waals surface area (Å²) >= 11 is 0. The number of halogens is 1. The molecule has 1 fully saturated rings. The third-order valence-electron chi connectivity index (χ3n) is 4.19. The normalized spacial score (nSPS) is 19.6. The Balaban J connectivity index is 0.00000288. The lowest BCUT2D eigenvalue weighted by Crippen LogP contribution is -2.57. The van der Waals surface area contributed by atoms with Crippen LogP contribution in [0.4, 0.5) is 10.5 Å². The summed E-state index contributed by atoms with van der Waals surface area (Å²) in [5, 5.41) is 5.42. The molecule has 1 aromatic carbocycles. The molecule has 4 N–H and O–H groups in total. The zero-order valence-corrected chi connectivity index (χ0v) is 15.0. The molecule has 0 aliphatic carbocycles. The fourth-order valence-corrected chi connectivity index (χ4v) is 2.97. The quantitative estimate of drug-likeness (QED) is 0.775. The summed E-state index contributed by atoms with van der Waals surface area (Å²) in [6.45, 7) is 4.34. The van der Waals surface area contributed by atoms with E-state index in [0.29, 0.717) is 12.2 Å². The van der Waals surface area contributed by atoms with Gasteiger partial charge < -0.3 is 21.3 Å². The third-order valence-corrected chi connectivity index (χ3v) is 4.19. The van der Waals surface area contributed by atoms with Gasteiger partial charge in [0.25, 0.3) is 0 Å². The molecule has 0 aromatic heterocycles. The first-order valence-electron chi connectivity index (χ1n) is 8.17. The van der Waals surface area contributed by atoms with Gasteiger partial charge in [-0.15, -0.1) is 12.4 Å². The van der Waals surface area contributed by atoms with Crippen molar-refractivity contribution in [1.29, 1.82) is 0 Å². The van der Waals surface area contributed by atoms with Crippen molar-refractivity contribution in [3.05, 3.63) is 30.3 Å². The maximum Gasteiger partial charge on any atom is 0.319 e. The van der Waals surface area contributed by atoms with Crippen LogP contribution in [0.15, 0.2) is 30.3 Å². The highest BCUT2D eigenvalue weighted by atomic mass is 35.5. The van der Waals surface area contributed by atoms with E-state index in [4.69, 9.17) is 5.73 Å². The first-order chi connectivity index (χ1) is 11.0. The average Bonchev–Trinajstić information content (AvgIpc) is 2.54. The van der Waals surface area contributed by atoms with Crippen molar-refractivity contribution >= 4 is 30.0 Å². The highest BCUT2D eigenvalue weighted by Crippen LogP contribution is 2.20. The maximum absolute atomic E-state index is 12.6.